The molecule has 4 fully saturated rings. The van der Waals surface area contributed by atoms with E-state index in [2.05, 4.69) is 33.5 Å². The zero-order valence-corrected chi connectivity index (χ0v) is 19.1. The summed E-state index contributed by atoms with van der Waals surface area (Å²) in [5.41, 5.74) is 0.505. The molecule has 7 atom stereocenters. The molecule has 0 spiro atoms. The lowest BCUT2D eigenvalue weighted by Crippen LogP contribution is -2.54. The van der Waals surface area contributed by atoms with Crippen molar-refractivity contribution in [2.24, 2.45) is 34.5 Å². The minimum absolute atomic E-state index is 0.0188. The molecule has 2 nitrogen and oxygen atoms in total. The number of Topliss-reactive ketones (excluding diaryl/α,β-unsaturated/α-hetero) is 1. The van der Waals surface area contributed by atoms with Crippen LogP contribution in [0.25, 0.3) is 0 Å². The molecule has 4 aliphatic rings. The Labute approximate surface area is 167 Å². The lowest BCUT2D eigenvalue weighted by atomic mass is 9.45. The van der Waals surface area contributed by atoms with Crippen LogP contribution in [0.4, 0.5) is 0 Å². The molecule has 4 aliphatic carbocycles. The van der Waals surface area contributed by atoms with E-state index < -0.39 is 8.32 Å². The third-order valence-corrected chi connectivity index (χ3v) is 11.7. The molecular formula is C24H40O2Si. The van der Waals surface area contributed by atoms with E-state index in [0.29, 0.717) is 23.2 Å². The molecule has 27 heavy (non-hydrogen) atoms. The summed E-state index contributed by atoms with van der Waals surface area (Å²) in [4.78, 5) is 12.6. The van der Waals surface area contributed by atoms with Crippen molar-refractivity contribution in [1.29, 1.82) is 0 Å². The highest BCUT2D eigenvalue weighted by atomic mass is 28.4. The van der Waals surface area contributed by atoms with Crippen molar-refractivity contribution in [1.82, 2.24) is 0 Å². The van der Waals surface area contributed by atoms with Gasteiger partial charge in [0.25, 0.3) is 0 Å². The molecule has 0 aromatic rings. The fraction of sp³-hybridized carbons (Fsp3) is 0.875. The molecule has 0 aromatic carbocycles. The van der Waals surface area contributed by atoms with E-state index in [4.69, 9.17) is 4.43 Å². The van der Waals surface area contributed by atoms with Crippen LogP contribution in [0.5, 0.6) is 0 Å². The molecule has 152 valence electrons. The van der Waals surface area contributed by atoms with Gasteiger partial charge in [-0.25, -0.2) is 0 Å². The number of carbonyl (C=O) groups excluding carboxylic acids is 1. The van der Waals surface area contributed by atoms with Crippen molar-refractivity contribution in [2.75, 3.05) is 0 Å². The van der Waals surface area contributed by atoms with Crippen LogP contribution in [0.1, 0.15) is 71.6 Å². The van der Waals surface area contributed by atoms with Gasteiger partial charge in [-0.2, -0.15) is 0 Å². The fourth-order valence-corrected chi connectivity index (χ4v) is 9.85. The normalized spacial score (nSPS) is 47.1. The third-order valence-electron chi connectivity index (χ3n) is 9.45. The molecule has 0 saturated heterocycles. The lowest BCUT2D eigenvalue weighted by molar-refractivity contribution is -0.141. The van der Waals surface area contributed by atoms with Gasteiger partial charge in [-0.15, -0.1) is 6.58 Å². The summed E-state index contributed by atoms with van der Waals surface area (Å²) < 4.78 is 6.67. The van der Waals surface area contributed by atoms with E-state index in [-0.39, 0.29) is 5.41 Å². The van der Waals surface area contributed by atoms with Gasteiger partial charge in [-0.05, 0) is 99.6 Å². The van der Waals surface area contributed by atoms with Gasteiger partial charge < -0.3 is 4.43 Å². The van der Waals surface area contributed by atoms with E-state index in [1.54, 1.807) is 0 Å². The van der Waals surface area contributed by atoms with Crippen molar-refractivity contribution < 1.29 is 9.22 Å². The fourth-order valence-electron chi connectivity index (χ4n) is 7.94. The summed E-state index contributed by atoms with van der Waals surface area (Å²) in [6.45, 7) is 13.5. The first-order valence-electron chi connectivity index (χ1n) is 11.5. The van der Waals surface area contributed by atoms with Gasteiger partial charge in [0.15, 0.2) is 8.32 Å². The summed E-state index contributed by atoms with van der Waals surface area (Å²) >= 11 is 0. The van der Waals surface area contributed by atoms with Crippen LogP contribution < -0.4 is 0 Å². The SMILES string of the molecule is C=CC[Si](C)(C)O[C@@H]1CC[C@@]2(C)[C@@H](CC[C@@H]3[C@@H]2CC[C@]2(C)C(=O)CC[C@@H]32)C1. The van der Waals surface area contributed by atoms with E-state index in [0.717, 1.165) is 36.6 Å². The predicted molar refractivity (Wildman–Crippen MR) is 114 cm³/mol. The minimum Gasteiger partial charge on any atom is -0.414 e. The molecular weight excluding hydrogens is 348 g/mol. The van der Waals surface area contributed by atoms with Gasteiger partial charge in [0.1, 0.15) is 5.78 Å². The number of carbonyl (C=O) groups is 1. The van der Waals surface area contributed by atoms with Crippen LogP contribution in [0.3, 0.4) is 0 Å². The topological polar surface area (TPSA) is 26.3 Å². The van der Waals surface area contributed by atoms with Crippen LogP contribution in [0.2, 0.25) is 19.1 Å². The maximum atomic E-state index is 12.6. The number of allylic oxidation sites excluding steroid dienone is 1. The number of hydrogen-bond donors (Lipinski definition) is 0. The van der Waals surface area contributed by atoms with E-state index >= 15 is 0 Å². The maximum absolute atomic E-state index is 12.6. The van der Waals surface area contributed by atoms with Gasteiger partial charge in [-0.3, -0.25) is 4.79 Å². The second kappa shape index (κ2) is 6.83. The Morgan fingerprint density at radius 1 is 1.11 bits per heavy atom. The average Bonchev–Trinajstić information content (AvgIpc) is 2.90. The largest absolute Gasteiger partial charge is 0.414 e. The molecule has 0 unspecified atom stereocenters. The van der Waals surface area contributed by atoms with E-state index in [1.807, 2.05) is 6.08 Å². The summed E-state index contributed by atoms with van der Waals surface area (Å²) in [6, 6.07) is 1.06. The molecule has 4 saturated carbocycles. The number of rotatable bonds is 4. The zero-order valence-electron chi connectivity index (χ0n) is 18.1. The van der Waals surface area contributed by atoms with Crippen LogP contribution in [-0.2, 0) is 9.22 Å². The van der Waals surface area contributed by atoms with Gasteiger partial charge >= 0.3 is 0 Å². The average molecular weight is 389 g/mol. The molecule has 0 aromatic heterocycles. The third kappa shape index (κ3) is 3.21. The van der Waals surface area contributed by atoms with Crippen molar-refractivity contribution in [2.45, 2.75) is 96.9 Å². The van der Waals surface area contributed by atoms with Gasteiger partial charge in [0.05, 0.1) is 0 Å². The summed E-state index contributed by atoms with van der Waals surface area (Å²) in [5, 5.41) is 0. The van der Waals surface area contributed by atoms with Crippen molar-refractivity contribution >= 4 is 14.1 Å². The summed E-state index contributed by atoms with van der Waals surface area (Å²) in [7, 11) is -1.60. The van der Waals surface area contributed by atoms with Gasteiger partial charge in [0.2, 0.25) is 0 Å². The molecule has 3 heteroatoms. The number of ketones is 1. The van der Waals surface area contributed by atoms with Gasteiger partial charge in [0, 0.05) is 17.9 Å². The molecule has 0 N–H and O–H groups in total. The van der Waals surface area contributed by atoms with Gasteiger partial charge in [-0.1, -0.05) is 19.9 Å². The quantitative estimate of drug-likeness (QED) is 0.413. The molecule has 0 radical (unpaired) electrons. The molecule has 0 heterocycles. The van der Waals surface area contributed by atoms with Crippen LogP contribution in [0.15, 0.2) is 12.7 Å². The summed E-state index contributed by atoms with van der Waals surface area (Å²) in [5.74, 6) is 3.73. The number of hydrogen-bond acceptors (Lipinski definition) is 2. The highest BCUT2D eigenvalue weighted by Gasteiger charge is 2.60. The van der Waals surface area contributed by atoms with Crippen molar-refractivity contribution in [3.63, 3.8) is 0 Å². The molecule has 0 aliphatic heterocycles. The second-order valence-electron chi connectivity index (χ2n) is 11.3. The minimum atomic E-state index is -1.60. The van der Waals surface area contributed by atoms with Crippen molar-refractivity contribution in [3.8, 4) is 0 Å². The molecule has 0 bridgehead atoms. The Balaban J connectivity index is 1.48. The van der Waals surface area contributed by atoms with Crippen LogP contribution >= 0.6 is 0 Å². The Morgan fingerprint density at radius 3 is 2.63 bits per heavy atom. The van der Waals surface area contributed by atoms with Crippen LogP contribution in [-0.4, -0.2) is 20.2 Å². The number of fused-ring (bicyclic) bond motifs is 5. The molecule has 0 amide bonds. The molecule has 4 rings (SSSR count). The Hall–Kier alpha value is -0.413. The summed E-state index contributed by atoms with van der Waals surface area (Å²) in [6.07, 6.45) is 13.6. The highest BCUT2D eigenvalue weighted by molar-refractivity contribution is 6.71. The second-order valence-corrected chi connectivity index (χ2v) is 15.5. The standard InChI is InChI=1S/C24H40O2Si/c1-6-15-27(4,5)26-18-11-13-23(2)17(16-18)7-8-19-20-9-10-22(25)24(20,3)14-12-21(19)23/h6,17-21H,1,7-16H2,2-5H3/t17-,18+,19-,20-,21-,23-,24-/m0/s1. The first kappa shape index (κ1) is 19.9. The maximum Gasteiger partial charge on any atom is 0.190 e. The lowest BCUT2D eigenvalue weighted by Gasteiger charge is -2.60. The van der Waals surface area contributed by atoms with E-state index in [9.17, 15) is 4.79 Å². The Morgan fingerprint density at radius 2 is 1.89 bits per heavy atom. The Bertz CT molecular complexity index is 614. The van der Waals surface area contributed by atoms with Crippen molar-refractivity contribution in [3.05, 3.63) is 12.7 Å². The smallest absolute Gasteiger partial charge is 0.190 e. The Kier molecular flexibility index (Phi) is 5.03. The monoisotopic (exact) mass is 388 g/mol. The van der Waals surface area contributed by atoms with E-state index in [1.165, 1.54) is 44.9 Å². The predicted octanol–water partition coefficient (Wildman–Crippen LogP) is 6.37. The van der Waals surface area contributed by atoms with Crippen LogP contribution in [0, 0.1) is 34.5 Å². The zero-order chi connectivity index (χ0) is 19.4. The first-order valence-corrected chi connectivity index (χ1v) is 14.6. The highest BCUT2D eigenvalue weighted by Crippen LogP contribution is 2.65. The first-order chi connectivity index (χ1) is 12.7.